The van der Waals surface area contributed by atoms with Crippen molar-refractivity contribution in [2.45, 2.75) is 489 Å². The molecule has 105 heavy (non-hydrogen) atoms. The van der Waals surface area contributed by atoms with Crippen LogP contribution in [-0.2, 0) is 65.4 Å². The molecule has 19 heteroatoms. The zero-order valence-corrected chi connectivity index (χ0v) is 70.5. The maximum atomic E-state index is 13.1. The van der Waals surface area contributed by atoms with E-state index in [9.17, 15) is 43.2 Å². The minimum Gasteiger partial charge on any atom is -0.462 e. The number of phosphoric ester groups is 2. The highest BCUT2D eigenvalue weighted by molar-refractivity contribution is 7.47. The van der Waals surface area contributed by atoms with Crippen LogP contribution in [0.4, 0.5) is 0 Å². The number of rotatable bonds is 87. The number of aliphatic hydroxyl groups is 1. The van der Waals surface area contributed by atoms with Gasteiger partial charge in [-0.2, -0.15) is 0 Å². The van der Waals surface area contributed by atoms with Gasteiger partial charge in [0.2, 0.25) is 0 Å². The van der Waals surface area contributed by atoms with Crippen molar-refractivity contribution in [3.8, 4) is 0 Å². The summed E-state index contributed by atoms with van der Waals surface area (Å²) in [5.41, 5.74) is 0. The van der Waals surface area contributed by atoms with Gasteiger partial charge in [-0.15, -0.1) is 0 Å². The highest BCUT2D eigenvalue weighted by atomic mass is 31.2. The Kier molecular flexibility index (Phi) is 78.6. The zero-order chi connectivity index (χ0) is 76.7. The van der Waals surface area contributed by atoms with Gasteiger partial charge in [0.1, 0.15) is 19.3 Å². The molecule has 0 aromatic heterocycles. The average Bonchev–Trinajstić information content (AvgIpc) is 0.983. The predicted octanol–water partition coefficient (Wildman–Crippen LogP) is 26.5. The summed E-state index contributed by atoms with van der Waals surface area (Å²) in [4.78, 5) is 73.1. The van der Waals surface area contributed by atoms with Gasteiger partial charge >= 0.3 is 39.5 Å². The van der Waals surface area contributed by atoms with Crippen molar-refractivity contribution < 1.29 is 80.2 Å². The van der Waals surface area contributed by atoms with Gasteiger partial charge in [0.15, 0.2) is 12.2 Å². The first-order chi connectivity index (χ1) is 51.2. The van der Waals surface area contributed by atoms with Crippen molar-refractivity contribution in [3.63, 3.8) is 0 Å². The molecule has 0 saturated heterocycles. The quantitative estimate of drug-likeness (QED) is 0.0222. The maximum Gasteiger partial charge on any atom is 0.472 e. The number of esters is 4. The Hall–Kier alpha value is -1.94. The molecule has 0 radical (unpaired) electrons. The van der Waals surface area contributed by atoms with E-state index in [0.29, 0.717) is 25.7 Å². The Morgan fingerprint density at radius 2 is 0.381 bits per heavy atom. The van der Waals surface area contributed by atoms with E-state index in [1.807, 2.05) is 0 Å². The van der Waals surface area contributed by atoms with E-state index in [1.54, 1.807) is 0 Å². The topological polar surface area (TPSA) is 237 Å². The summed E-state index contributed by atoms with van der Waals surface area (Å²) in [6, 6.07) is 0. The van der Waals surface area contributed by atoms with Crippen LogP contribution in [0.1, 0.15) is 471 Å². The maximum absolute atomic E-state index is 13.1. The van der Waals surface area contributed by atoms with Crippen LogP contribution < -0.4 is 0 Å². The van der Waals surface area contributed by atoms with Crippen LogP contribution in [0.3, 0.4) is 0 Å². The van der Waals surface area contributed by atoms with Crippen molar-refractivity contribution in [2.75, 3.05) is 39.6 Å². The molecule has 3 N–H and O–H groups in total. The number of carbonyl (C=O) groups excluding carboxylic acids is 4. The first-order valence-electron chi connectivity index (χ1n) is 44.8. The molecule has 0 rings (SSSR count). The van der Waals surface area contributed by atoms with Gasteiger partial charge in [0.25, 0.3) is 0 Å². The fraction of sp³-hybridized carbons (Fsp3) is 0.953. The fourth-order valence-electron chi connectivity index (χ4n) is 13.5. The molecule has 0 amide bonds. The first kappa shape index (κ1) is 103. The number of ether oxygens (including phenoxy) is 4. The smallest absolute Gasteiger partial charge is 0.462 e. The molecule has 624 valence electrons. The summed E-state index contributed by atoms with van der Waals surface area (Å²) in [6.07, 6.45) is 75.2. The summed E-state index contributed by atoms with van der Waals surface area (Å²) < 4.78 is 68.8. The zero-order valence-electron chi connectivity index (χ0n) is 68.7. The summed E-state index contributed by atoms with van der Waals surface area (Å²) in [5.74, 6) is -2.10. The third-order valence-electron chi connectivity index (χ3n) is 20.4. The minimum absolute atomic E-state index is 0.109. The van der Waals surface area contributed by atoms with Crippen molar-refractivity contribution in [3.05, 3.63) is 0 Å². The van der Waals surface area contributed by atoms with E-state index >= 15 is 0 Å². The monoisotopic (exact) mass is 1540 g/mol. The van der Waals surface area contributed by atoms with Gasteiger partial charge in [-0.05, 0) is 25.7 Å². The van der Waals surface area contributed by atoms with Gasteiger partial charge in [-0.1, -0.05) is 419 Å². The second-order valence-electron chi connectivity index (χ2n) is 30.9. The van der Waals surface area contributed by atoms with E-state index in [-0.39, 0.29) is 25.7 Å². The molecule has 0 saturated carbocycles. The van der Waals surface area contributed by atoms with Crippen LogP contribution in [0.2, 0.25) is 0 Å². The van der Waals surface area contributed by atoms with E-state index in [0.717, 1.165) is 89.9 Å². The molecule has 2 unspecified atom stereocenters. The number of carbonyl (C=O) groups is 4. The third-order valence-corrected chi connectivity index (χ3v) is 22.3. The van der Waals surface area contributed by atoms with Gasteiger partial charge in [-0.3, -0.25) is 37.3 Å². The summed E-state index contributed by atoms with van der Waals surface area (Å²) in [7, 11) is -9.92. The highest BCUT2D eigenvalue weighted by Gasteiger charge is 2.30. The van der Waals surface area contributed by atoms with Gasteiger partial charge in [0, 0.05) is 25.7 Å². The molecule has 0 bridgehead atoms. The second kappa shape index (κ2) is 80.1. The highest BCUT2D eigenvalue weighted by Crippen LogP contribution is 2.45. The standard InChI is InChI=1S/C86H168O17P2/c1-5-9-13-17-21-25-28-31-34-37-39-40-42-45-48-51-54-57-61-65-69-73-86(91)103-82(77-97-84(89)71-67-63-59-55-52-49-46-44-41-38-35-32-29-26-22-18-14-10-6-2)79-101-105(94,95)99-75-80(87)74-98-104(92,93)100-78-81(76-96-83(88)70-66-62-58-24-20-16-12-8-4)102-85(90)72-68-64-60-56-53-50-47-43-36-33-30-27-23-19-15-11-7-3/h80-82,87H,5-79H2,1-4H3,(H,92,93)(H,94,95)/t80-,81+,82+/m0/s1. The van der Waals surface area contributed by atoms with Crippen LogP contribution in [0, 0.1) is 0 Å². The molecule has 0 aromatic rings. The van der Waals surface area contributed by atoms with Gasteiger partial charge in [0.05, 0.1) is 26.4 Å². The Bertz CT molecular complexity index is 1980. The molecule has 0 heterocycles. The normalized spacial score (nSPS) is 13.7. The van der Waals surface area contributed by atoms with E-state index in [2.05, 4.69) is 27.7 Å². The van der Waals surface area contributed by atoms with Crippen molar-refractivity contribution in [1.82, 2.24) is 0 Å². The summed E-state index contributed by atoms with van der Waals surface area (Å²) >= 11 is 0. The lowest BCUT2D eigenvalue weighted by Gasteiger charge is -2.21. The summed E-state index contributed by atoms with van der Waals surface area (Å²) in [5, 5.41) is 10.7. The molecule has 0 fully saturated rings. The summed E-state index contributed by atoms with van der Waals surface area (Å²) in [6.45, 7) is 5.03. The second-order valence-corrected chi connectivity index (χ2v) is 33.8. The van der Waals surface area contributed by atoms with Crippen LogP contribution in [0.5, 0.6) is 0 Å². The number of aliphatic hydroxyl groups excluding tert-OH is 1. The van der Waals surface area contributed by atoms with Crippen LogP contribution in [0.15, 0.2) is 0 Å². The largest absolute Gasteiger partial charge is 0.472 e. The predicted molar refractivity (Wildman–Crippen MR) is 432 cm³/mol. The molecule has 0 aliphatic carbocycles. The molecule has 5 atom stereocenters. The number of phosphoric acid groups is 2. The molecule has 17 nitrogen and oxygen atoms in total. The minimum atomic E-state index is -4.96. The molecular formula is C86H168O17P2. The molecular weight excluding hydrogens is 1370 g/mol. The molecule has 0 aliphatic heterocycles. The van der Waals surface area contributed by atoms with Crippen molar-refractivity contribution in [2.24, 2.45) is 0 Å². The molecule has 0 aliphatic rings. The lowest BCUT2D eigenvalue weighted by atomic mass is 10.0. The fourth-order valence-corrected chi connectivity index (χ4v) is 15.1. The lowest BCUT2D eigenvalue weighted by Crippen LogP contribution is -2.30. The average molecular weight is 1540 g/mol. The first-order valence-corrected chi connectivity index (χ1v) is 47.8. The van der Waals surface area contributed by atoms with E-state index < -0.39 is 97.5 Å². The number of unbranched alkanes of at least 4 members (excludes halogenated alkanes) is 61. The lowest BCUT2D eigenvalue weighted by molar-refractivity contribution is -0.161. The van der Waals surface area contributed by atoms with Crippen LogP contribution in [-0.4, -0.2) is 96.7 Å². The van der Waals surface area contributed by atoms with Crippen LogP contribution in [0.25, 0.3) is 0 Å². The Labute approximate surface area is 645 Å². The number of hydrogen-bond donors (Lipinski definition) is 3. The Balaban J connectivity index is 5.18. The molecule has 0 aromatic carbocycles. The van der Waals surface area contributed by atoms with Crippen LogP contribution >= 0.6 is 15.6 Å². The Morgan fingerprint density at radius 3 is 0.562 bits per heavy atom. The third kappa shape index (κ3) is 79.9. The van der Waals surface area contributed by atoms with Gasteiger partial charge in [-0.25, -0.2) is 9.13 Å². The van der Waals surface area contributed by atoms with Gasteiger partial charge < -0.3 is 33.8 Å². The van der Waals surface area contributed by atoms with E-state index in [4.69, 9.17) is 37.0 Å². The van der Waals surface area contributed by atoms with Crippen molar-refractivity contribution >= 4 is 39.5 Å². The van der Waals surface area contributed by atoms with Crippen molar-refractivity contribution in [1.29, 1.82) is 0 Å². The van der Waals surface area contributed by atoms with E-state index in [1.165, 1.54) is 302 Å². The molecule has 0 spiro atoms. The Morgan fingerprint density at radius 1 is 0.229 bits per heavy atom. The number of hydrogen-bond acceptors (Lipinski definition) is 15. The SMILES string of the molecule is CCCCCCCCCCCCCCCCCCCCCCCC(=O)O[C@H](COC(=O)CCCCCCCCCCCCCCCCCCCCC)COP(=O)(O)OC[C@@H](O)COP(=O)(O)OC[C@@H](COC(=O)CCCCCCCCCC)OC(=O)CCCCCCCCCCCCCCCCCCC.